The van der Waals surface area contributed by atoms with Crippen LogP contribution in [0.25, 0.3) is 0 Å². The van der Waals surface area contributed by atoms with Gasteiger partial charge in [0.2, 0.25) is 0 Å². The van der Waals surface area contributed by atoms with E-state index >= 15 is 0 Å². The molecular formula is C21H20ClNO4. The number of nitrogens with zero attached hydrogens (tertiary/aromatic N) is 1. The first-order valence-corrected chi connectivity index (χ1v) is 9.33. The third-order valence-electron chi connectivity index (χ3n) is 5.35. The molecule has 2 aromatic rings. The normalized spacial score (nSPS) is 18.0. The fourth-order valence-electron chi connectivity index (χ4n) is 3.78. The first kappa shape index (κ1) is 17.9. The van der Waals surface area contributed by atoms with Crippen LogP contribution in [-0.4, -0.2) is 42.4 Å². The van der Waals surface area contributed by atoms with Crippen molar-refractivity contribution in [2.24, 2.45) is 0 Å². The van der Waals surface area contributed by atoms with Gasteiger partial charge in [0, 0.05) is 36.5 Å². The van der Waals surface area contributed by atoms with Gasteiger partial charge in [-0.1, -0.05) is 11.6 Å². The Morgan fingerprint density at radius 3 is 2.52 bits per heavy atom. The van der Waals surface area contributed by atoms with E-state index in [0.717, 1.165) is 5.75 Å². The van der Waals surface area contributed by atoms with Gasteiger partial charge in [0.05, 0.1) is 19.1 Å². The number of methoxy groups -OCH3 is 1. The summed E-state index contributed by atoms with van der Waals surface area (Å²) in [4.78, 5) is 27.1. The number of Topliss-reactive ketones (excluding diaryl/α,β-unsaturated/α-hetero) is 1. The van der Waals surface area contributed by atoms with Crippen LogP contribution in [0.3, 0.4) is 0 Å². The number of hydrogen-bond acceptors (Lipinski definition) is 4. The van der Waals surface area contributed by atoms with Crippen LogP contribution in [0.2, 0.25) is 5.02 Å². The molecule has 0 N–H and O–H groups in total. The number of fused-ring (bicyclic) bond motifs is 1. The molecule has 0 bridgehead atoms. The van der Waals surface area contributed by atoms with Crippen molar-refractivity contribution in [2.45, 2.75) is 24.9 Å². The van der Waals surface area contributed by atoms with E-state index in [1.165, 1.54) is 0 Å². The second-order valence-corrected chi connectivity index (χ2v) is 7.48. The predicted molar refractivity (Wildman–Crippen MR) is 102 cm³/mol. The van der Waals surface area contributed by atoms with E-state index < -0.39 is 5.60 Å². The Bertz CT molecular complexity index is 886. The average Bonchev–Trinajstić information content (AvgIpc) is 2.69. The lowest BCUT2D eigenvalue weighted by atomic mass is 9.82. The molecular weight excluding hydrogens is 366 g/mol. The zero-order valence-electron chi connectivity index (χ0n) is 15.0. The van der Waals surface area contributed by atoms with E-state index in [9.17, 15) is 9.59 Å². The van der Waals surface area contributed by atoms with Crippen LogP contribution in [-0.2, 0) is 0 Å². The molecule has 6 heteroatoms. The second kappa shape index (κ2) is 6.89. The molecule has 0 aliphatic carbocycles. The number of amides is 1. The van der Waals surface area contributed by atoms with Gasteiger partial charge in [-0.2, -0.15) is 0 Å². The maximum atomic E-state index is 12.7. The molecule has 0 aromatic heterocycles. The number of hydrogen-bond donors (Lipinski definition) is 0. The molecule has 0 unspecified atom stereocenters. The maximum absolute atomic E-state index is 12.7. The van der Waals surface area contributed by atoms with E-state index in [-0.39, 0.29) is 11.7 Å². The molecule has 1 fully saturated rings. The molecule has 2 aliphatic heterocycles. The van der Waals surface area contributed by atoms with Gasteiger partial charge in [0.15, 0.2) is 5.78 Å². The largest absolute Gasteiger partial charge is 0.497 e. The highest BCUT2D eigenvalue weighted by molar-refractivity contribution is 6.31. The topological polar surface area (TPSA) is 55.8 Å². The Balaban J connectivity index is 1.46. The fourth-order valence-corrected chi connectivity index (χ4v) is 3.95. The number of likely N-dealkylation sites (tertiary alicyclic amines) is 1. The van der Waals surface area contributed by atoms with Gasteiger partial charge in [0.1, 0.15) is 17.1 Å². The monoisotopic (exact) mass is 385 g/mol. The van der Waals surface area contributed by atoms with Gasteiger partial charge in [0.25, 0.3) is 5.91 Å². The van der Waals surface area contributed by atoms with E-state index in [1.54, 1.807) is 49.6 Å². The van der Waals surface area contributed by atoms with Gasteiger partial charge in [-0.05, 0) is 42.5 Å². The third kappa shape index (κ3) is 3.39. The number of ketones is 1. The van der Waals surface area contributed by atoms with E-state index in [4.69, 9.17) is 21.1 Å². The highest BCUT2D eigenvalue weighted by Crippen LogP contribution is 2.40. The molecule has 0 saturated carbocycles. The third-order valence-corrected chi connectivity index (χ3v) is 5.59. The molecule has 5 nitrogen and oxygen atoms in total. The van der Waals surface area contributed by atoms with Crippen molar-refractivity contribution in [3.63, 3.8) is 0 Å². The summed E-state index contributed by atoms with van der Waals surface area (Å²) in [6, 6.07) is 12.3. The number of carbonyl (C=O) groups excluding carboxylic acids is 2. The van der Waals surface area contributed by atoms with Crippen LogP contribution in [0.15, 0.2) is 42.5 Å². The predicted octanol–water partition coefficient (Wildman–Crippen LogP) is 3.99. The maximum Gasteiger partial charge on any atom is 0.253 e. The molecule has 0 atom stereocenters. The lowest BCUT2D eigenvalue weighted by Gasteiger charge is -2.44. The molecule has 2 heterocycles. The standard InChI is InChI=1S/C21H20ClNO4/c1-26-16-5-2-14(3-6-16)20(25)23-10-8-21(9-11-23)13-18(24)17-12-15(22)4-7-19(17)27-21/h2-7,12H,8-11,13H2,1H3. The average molecular weight is 386 g/mol. The summed E-state index contributed by atoms with van der Waals surface area (Å²) in [5.41, 5.74) is 0.645. The van der Waals surface area contributed by atoms with Crippen molar-refractivity contribution in [1.29, 1.82) is 0 Å². The Morgan fingerprint density at radius 2 is 1.85 bits per heavy atom. The molecule has 1 saturated heterocycles. The molecule has 1 spiro atoms. The summed E-state index contributed by atoms with van der Waals surface area (Å²) in [7, 11) is 1.60. The van der Waals surface area contributed by atoms with Crippen molar-refractivity contribution in [1.82, 2.24) is 4.90 Å². The quantitative estimate of drug-likeness (QED) is 0.784. The molecule has 27 heavy (non-hydrogen) atoms. The van der Waals surface area contributed by atoms with Crippen LogP contribution in [0, 0.1) is 0 Å². The smallest absolute Gasteiger partial charge is 0.253 e. The summed E-state index contributed by atoms with van der Waals surface area (Å²) in [6.07, 6.45) is 1.58. The highest BCUT2D eigenvalue weighted by Gasteiger charge is 2.43. The Labute approximate surface area is 162 Å². The van der Waals surface area contributed by atoms with Crippen molar-refractivity contribution >= 4 is 23.3 Å². The lowest BCUT2D eigenvalue weighted by molar-refractivity contribution is -0.00570. The minimum absolute atomic E-state index is 0.0122. The van der Waals surface area contributed by atoms with Gasteiger partial charge in [-0.25, -0.2) is 0 Å². The van der Waals surface area contributed by atoms with Crippen LogP contribution in [0.4, 0.5) is 0 Å². The number of carbonyl (C=O) groups is 2. The Kier molecular flexibility index (Phi) is 4.56. The molecule has 1 amide bonds. The molecule has 140 valence electrons. The molecule has 0 radical (unpaired) electrons. The minimum Gasteiger partial charge on any atom is -0.497 e. The highest BCUT2D eigenvalue weighted by atomic mass is 35.5. The Morgan fingerprint density at radius 1 is 1.15 bits per heavy atom. The summed E-state index contributed by atoms with van der Waals surface area (Å²) in [5, 5.41) is 0.529. The van der Waals surface area contributed by atoms with E-state index in [1.807, 2.05) is 4.90 Å². The molecule has 2 aliphatic rings. The fraction of sp³-hybridized carbons (Fsp3) is 0.333. The van der Waals surface area contributed by atoms with Gasteiger partial charge in [-0.3, -0.25) is 9.59 Å². The van der Waals surface area contributed by atoms with Gasteiger partial charge >= 0.3 is 0 Å². The van der Waals surface area contributed by atoms with Crippen LogP contribution < -0.4 is 9.47 Å². The summed E-state index contributed by atoms with van der Waals surface area (Å²) in [6.45, 7) is 1.11. The number of benzene rings is 2. The first-order chi connectivity index (χ1) is 13.0. The SMILES string of the molecule is COc1ccc(C(=O)N2CCC3(CC2)CC(=O)c2cc(Cl)ccc2O3)cc1. The number of rotatable bonds is 2. The van der Waals surface area contributed by atoms with E-state index in [2.05, 4.69) is 0 Å². The summed E-state index contributed by atoms with van der Waals surface area (Å²) < 4.78 is 11.3. The number of piperidine rings is 1. The first-order valence-electron chi connectivity index (χ1n) is 8.95. The zero-order valence-corrected chi connectivity index (χ0v) is 15.8. The summed E-state index contributed by atoms with van der Waals surface area (Å²) >= 11 is 5.99. The number of ether oxygens (including phenoxy) is 2. The minimum atomic E-state index is -0.533. The second-order valence-electron chi connectivity index (χ2n) is 7.05. The summed E-state index contributed by atoms with van der Waals surface area (Å²) in [5.74, 6) is 1.35. The molecule has 4 rings (SSSR count). The zero-order chi connectivity index (χ0) is 19.0. The van der Waals surface area contributed by atoms with Crippen molar-refractivity contribution in [3.8, 4) is 11.5 Å². The van der Waals surface area contributed by atoms with Crippen molar-refractivity contribution < 1.29 is 19.1 Å². The molecule has 2 aromatic carbocycles. The van der Waals surface area contributed by atoms with Gasteiger partial charge in [-0.15, -0.1) is 0 Å². The Hall–Kier alpha value is -2.53. The van der Waals surface area contributed by atoms with Crippen molar-refractivity contribution in [2.75, 3.05) is 20.2 Å². The van der Waals surface area contributed by atoms with Crippen LogP contribution in [0.5, 0.6) is 11.5 Å². The van der Waals surface area contributed by atoms with Crippen LogP contribution in [0.1, 0.15) is 40.0 Å². The lowest BCUT2D eigenvalue weighted by Crippen LogP contribution is -2.52. The number of halogens is 1. The van der Waals surface area contributed by atoms with E-state index in [0.29, 0.717) is 54.3 Å². The van der Waals surface area contributed by atoms with Gasteiger partial charge < -0.3 is 14.4 Å². The van der Waals surface area contributed by atoms with Crippen LogP contribution >= 0.6 is 11.6 Å². The van der Waals surface area contributed by atoms with Crippen molar-refractivity contribution in [3.05, 3.63) is 58.6 Å².